The van der Waals surface area contributed by atoms with Crippen LogP contribution in [0.25, 0.3) is 0 Å². The normalized spacial score (nSPS) is 12.5. The van der Waals surface area contributed by atoms with Gasteiger partial charge in [-0.25, -0.2) is 8.42 Å². The number of hydrogen-bond acceptors (Lipinski definition) is 4. The molecule has 3 rings (SSSR count). The molecule has 0 saturated heterocycles. The van der Waals surface area contributed by atoms with Gasteiger partial charge in [0.05, 0.1) is 11.9 Å². The van der Waals surface area contributed by atoms with Gasteiger partial charge in [0.25, 0.3) is 0 Å². The second kappa shape index (κ2) is 12.9. The molecular formula is C31H38ClN3O4S. The smallest absolute Gasteiger partial charge is 0.244 e. The molecule has 214 valence electrons. The summed E-state index contributed by atoms with van der Waals surface area (Å²) in [5.41, 5.74) is 3.19. The summed E-state index contributed by atoms with van der Waals surface area (Å²) in [6.07, 6.45) is 1.32. The average molecular weight is 584 g/mol. The van der Waals surface area contributed by atoms with Crippen LogP contribution in [0, 0.1) is 13.8 Å². The summed E-state index contributed by atoms with van der Waals surface area (Å²) in [4.78, 5) is 29.3. The van der Waals surface area contributed by atoms with Gasteiger partial charge in [-0.3, -0.25) is 13.9 Å². The molecule has 2 amide bonds. The molecule has 0 radical (unpaired) electrons. The third-order valence-electron chi connectivity index (χ3n) is 6.18. The van der Waals surface area contributed by atoms with Gasteiger partial charge in [-0.1, -0.05) is 60.1 Å². The van der Waals surface area contributed by atoms with Crippen molar-refractivity contribution in [1.29, 1.82) is 0 Å². The number of benzene rings is 3. The van der Waals surface area contributed by atoms with Gasteiger partial charge in [-0.2, -0.15) is 0 Å². The molecule has 0 heterocycles. The third-order valence-corrected chi connectivity index (χ3v) is 7.56. The van der Waals surface area contributed by atoms with E-state index in [1.54, 1.807) is 30.3 Å². The number of anilines is 1. The molecule has 9 heteroatoms. The third kappa shape index (κ3) is 9.10. The van der Waals surface area contributed by atoms with Crippen LogP contribution in [0.4, 0.5) is 5.69 Å². The zero-order chi connectivity index (χ0) is 29.7. The molecule has 3 aromatic carbocycles. The van der Waals surface area contributed by atoms with E-state index in [1.807, 2.05) is 77.1 Å². The minimum atomic E-state index is -3.83. The van der Waals surface area contributed by atoms with Crippen molar-refractivity contribution in [2.75, 3.05) is 17.1 Å². The lowest BCUT2D eigenvalue weighted by Gasteiger charge is -2.35. The van der Waals surface area contributed by atoms with E-state index >= 15 is 0 Å². The molecule has 0 aliphatic rings. The Morgan fingerprint density at radius 1 is 0.900 bits per heavy atom. The number of nitrogens with zero attached hydrogens (tertiary/aromatic N) is 2. The van der Waals surface area contributed by atoms with Gasteiger partial charge in [0, 0.05) is 23.5 Å². The molecule has 0 fully saturated rings. The van der Waals surface area contributed by atoms with Crippen molar-refractivity contribution in [2.24, 2.45) is 0 Å². The van der Waals surface area contributed by atoms with Crippen molar-refractivity contribution >= 4 is 39.1 Å². The fourth-order valence-electron chi connectivity index (χ4n) is 4.55. The molecule has 7 nitrogen and oxygen atoms in total. The Bertz CT molecular complexity index is 1430. The minimum absolute atomic E-state index is 0.0684. The number of amides is 2. The average Bonchev–Trinajstić information content (AvgIpc) is 2.82. The molecule has 0 bridgehead atoms. The highest BCUT2D eigenvalue weighted by atomic mass is 35.5. The van der Waals surface area contributed by atoms with Crippen LogP contribution in [0.3, 0.4) is 0 Å². The number of sulfonamides is 1. The topological polar surface area (TPSA) is 86.8 Å². The lowest BCUT2D eigenvalue weighted by molar-refractivity contribution is -0.140. The SMILES string of the molecule is Cc1cc(C)cc(N(CC(=O)N(Cc2cccc(Cl)c2)[C@@H](Cc2ccccc2)C(=O)NC(C)(C)C)S(C)(=O)=O)c1. The van der Waals surface area contributed by atoms with Gasteiger partial charge < -0.3 is 10.2 Å². The maximum atomic E-state index is 14.1. The molecule has 40 heavy (non-hydrogen) atoms. The first-order valence-corrected chi connectivity index (χ1v) is 15.3. The first kappa shape index (κ1) is 31.2. The van der Waals surface area contributed by atoms with E-state index in [2.05, 4.69) is 5.32 Å². The molecule has 1 atom stereocenters. The van der Waals surface area contributed by atoms with E-state index in [1.165, 1.54) is 4.90 Å². The number of aryl methyl sites for hydroxylation is 2. The van der Waals surface area contributed by atoms with E-state index < -0.39 is 34.1 Å². The quantitative estimate of drug-likeness (QED) is 0.352. The second-order valence-corrected chi connectivity index (χ2v) is 13.6. The van der Waals surface area contributed by atoms with E-state index in [-0.39, 0.29) is 18.9 Å². The minimum Gasteiger partial charge on any atom is -0.350 e. The monoisotopic (exact) mass is 583 g/mol. The van der Waals surface area contributed by atoms with Gasteiger partial charge in [-0.15, -0.1) is 0 Å². The Morgan fingerprint density at radius 3 is 2.05 bits per heavy atom. The zero-order valence-electron chi connectivity index (χ0n) is 23.9. The highest BCUT2D eigenvalue weighted by molar-refractivity contribution is 7.92. The van der Waals surface area contributed by atoms with Crippen LogP contribution < -0.4 is 9.62 Å². The molecule has 0 spiro atoms. The molecule has 0 aliphatic carbocycles. The van der Waals surface area contributed by atoms with Crippen LogP contribution in [0.1, 0.15) is 43.0 Å². The number of carbonyl (C=O) groups excluding carboxylic acids is 2. The number of hydrogen-bond donors (Lipinski definition) is 1. The van der Waals surface area contributed by atoms with Crippen molar-refractivity contribution in [3.05, 3.63) is 100 Å². The van der Waals surface area contributed by atoms with Crippen LogP contribution in [-0.2, 0) is 32.6 Å². The summed E-state index contributed by atoms with van der Waals surface area (Å²) in [7, 11) is -3.83. The molecule has 0 aliphatic heterocycles. The van der Waals surface area contributed by atoms with Crippen molar-refractivity contribution in [3.63, 3.8) is 0 Å². The van der Waals surface area contributed by atoms with Crippen LogP contribution >= 0.6 is 11.6 Å². The fourth-order valence-corrected chi connectivity index (χ4v) is 5.59. The van der Waals surface area contributed by atoms with Gasteiger partial charge in [0.1, 0.15) is 12.6 Å². The molecule has 3 aromatic rings. The predicted octanol–water partition coefficient (Wildman–Crippen LogP) is 5.28. The van der Waals surface area contributed by atoms with E-state index in [4.69, 9.17) is 11.6 Å². The highest BCUT2D eigenvalue weighted by Gasteiger charge is 2.34. The molecule has 1 N–H and O–H groups in total. The first-order valence-electron chi connectivity index (χ1n) is 13.1. The maximum absolute atomic E-state index is 14.1. The van der Waals surface area contributed by atoms with Crippen molar-refractivity contribution < 1.29 is 18.0 Å². The Labute approximate surface area is 243 Å². The molecule has 0 unspecified atom stereocenters. The van der Waals surface area contributed by atoms with Gasteiger partial charge >= 0.3 is 0 Å². The number of nitrogens with one attached hydrogen (secondary N) is 1. The maximum Gasteiger partial charge on any atom is 0.244 e. The Morgan fingerprint density at radius 2 is 1.50 bits per heavy atom. The fraction of sp³-hybridized carbons (Fsp3) is 0.355. The van der Waals surface area contributed by atoms with Crippen LogP contribution in [0.5, 0.6) is 0 Å². The summed E-state index contributed by atoms with van der Waals surface area (Å²) < 4.78 is 27.0. The van der Waals surface area contributed by atoms with Crippen LogP contribution in [0.2, 0.25) is 5.02 Å². The first-order chi connectivity index (χ1) is 18.6. The number of halogens is 1. The summed E-state index contributed by atoms with van der Waals surface area (Å²) in [5.74, 6) is -0.835. The molecule has 0 saturated carbocycles. The standard InChI is InChI=1S/C31H38ClN3O4S/c1-22-15-23(2)17-27(16-22)35(40(6,38)39)21-29(36)34(20-25-13-10-14-26(32)18-25)28(30(37)33-31(3,4)5)19-24-11-8-7-9-12-24/h7-18,28H,19-21H2,1-6H3,(H,33,37)/t28-/m0/s1. The van der Waals surface area contributed by atoms with Crippen LogP contribution in [-0.4, -0.2) is 49.5 Å². The highest BCUT2D eigenvalue weighted by Crippen LogP contribution is 2.23. The van der Waals surface area contributed by atoms with Crippen molar-refractivity contribution in [1.82, 2.24) is 10.2 Å². The lowest BCUT2D eigenvalue weighted by Crippen LogP contribution is -2.56. The van der Waals surface area contributed by atoms with Crippen molar-refractivity contribution in [3.8, 4) is 0 Å². The van der Waals surface area contributed by atoms with Gasteiger partial charge in [0.2, 0.25) is 21.8 Å². The van der Waals surface area contributed by atoms with E-state index in [0.29, 0.717) is 10.7 Å². The lowest BCUT2D eigenvalue weighted by atomic mass is 10.0. The molecule has 0 aromatic heterocycles. The van der Waals surface area contributed by atoms with Crippen molar-refractivity contribution in [2.45, 2.75) is 59.2 Å². The Kier molecular flexibility index (Phi) is 10.0. The Hall–Kier alpha value is -3.36. The predicted molar refractivity (Wildman–Crippen MR) is 162 cm³/mol. The molecular weight excluding hydrogens is 546 g/mol. The van der Waals surface area contributed by atoms with Crippen LogP contribution in [0.15, 0.2) is 72.8 Å². The number of carbonyl (C=O) groups is 2. The van der Waals surface area contributed by atoms with Gasteiger partial charge in [-0.05, 0) is 81.1 Å². The Balaban J connectivity index is 2.09. The summed E-state index contributed by atoms with van der Waals surface area (Å²) >= 11 is 6.25. The largest absolute Gasteiger partial charge is 0.350 e. The summed E-state index contributed by atoms with van der Waals surface area (Å²) in [6.45, 7) is 8.97. The summed E-state index contributed by atoms with van der Waals surface area (Å²) in [5, 5.41) is 3.51. The number of rotatable bonds is 10. The van der Waals surface area contributed by atoms with E-state index in [0.717, 1.165) is 32.8 Å². The van der Waals surface area contributed by atoms with E-state index in [9.17, 15) is 18.0 Å². The van der Waals surface area contributed by atoms with Gasteiger partial charge in [0.15, 0.2) is 0 Å². The zero-order valence-corrected chi connectivity index (χ0v) is 25.5. The summed E-state index contributed by atoms with van der Waals surface area (Å²) in [6, 6.07) is 21.0. The second-order valence-electron chi connectivity index (χ2n) is 11.2.